The Morgan fingerprint density at radius 1 is 1.47 bits per heavy atom. The van der Waals surface area contributed by atoms with Crippen LogP contribution in [0.4, 0.5) is 0 Å². The van der Waals surface area contributed by atoms with Gasteiger partial charge in [0, 0.05) is 24.5 Å². The van der Waals surface area contributed by atoms with E-state index in [-0.39, 0.29) is 0 Å². The third-order valence-electron chi connectivity index (χ3n) is 2.65. The summed E-state index contributed by atoms with van der Waals surface area (Å²) in [6.45, 7) is 4.36. The van der Waals surface area contributed by atoms with Crippen molar-refractivity contribution in [3.05, 3.63) is 21.9 Å². The standard InChI is InChI=1S/C12H19N3O2S2/c1-3-15(19(2,16)17)8-4-7-14-10-12-6-5-11(9-13)18-12/h5-6,14H,3-4,7-8,10H2,1-2H3. The molecule has 0 spiro atoms. The molecule has 0 aliphatic rings. The van der Waals surface area contributed by atoms with Crippen LogP contribution in [-0.2, 0) is 16.6 Å². The summed E-state index contributed by atoms with van der Waals surface area (Å²) in [6, 6.07) is 5.85. The van der Waals surface area contributed by atoms with Crippen molar-refractivity contribution in [3.8, 4) is 6.07 Å². The number of hydrogen-bond donors (Lipinski definition) is 1. The second-order valence-electron chi connectivity index (χ2n) is 4.16. The minimum absolute atomic E-state index is 0.509. The number of nitrogens with zero attached hydrogens (tertiary/aromatic N) is 2. The third-order valence-corrected chi connectivity index (χ3v) is 5.02. The van der Waals surface area contributed by atoms with Gasteiger partial charge in [0.1, 0.15) is 10.9 Å². The van der Waals surface area contributed by atoms with Gasteiger partial charge in [0.25, 0.3) is 0 Å². The monoisotopic (exact) mass is 301 g/mol. The maximum absolute atomic E-state index is 11.4. The fourth-order valence-electron chi connectivity index (χ4n) is 1.68. The highest BCUT2D eigenvalue weighted by atomic mass is 32.2. The molecular formula is C12H19N3O2S2. The molecule has 7 heteroatoms. The molecule has 1 aromatic rings. The quantitative estimate of drug-likeness (QED) is 0.736. The van der Waals surface area contributed by atoms with E-state index >= 15 is 0 Å². The Hall–Kier alpha value is -0.940. The Labute approximate surface area is 118 Å². The van der Waals surface area contributed by atoms with Gasteiger partial charge >= 0.3 is 0 Å². The molecular weight excluding hydrogens is 282 g/mol. The van der Waals surface area contributed by atoms with Crippen LogP contribution >= 0.6 is 11.3 Å². The van der Waals surface area contributed by atoms with Gasteiger partial charge in [-0.15, -0.1) is 11.3 Å². The molecule has 19 heavy (non-hydrogen) atoms. The van der Waals surface area contributed by atoms with Gasteiger partial charge in [0.2, 0.25) is 10.0 Å². The molecule has 0 radical (unpaired) electrons. The first kappa shape index (κ1) is 16.1. The summed E-state index contributed by atoms with van der Waals surface area (Å²) in [5, 5.41) is 12.0. The van der Waals surface area contributed by atoms with E-state index in [9.17, 15) is 8.42 Å². The fraction of sp³-hybridized carbons (Fsp3) is 0.583. The number of hydrogen-bond acceptors (Lipinski definition) is 5. The Balaban J connectivity index is 2.23. The normalized spacial score (nSPS) is 11.7. The lowest BCUT2D eigenvalue weighted by molar-refractivity contribution is 0.419. The molecule has 0 amide bonds. The van der Waals surface area contributed by atoms with Gasteiger partial charge in [-0.2, -0.15) is 5.26 Å². The fourth-order valence-corrected chi connectivity index (χ4v) is 3.39. The van der Waals surface area contributed by atoms with E-state index < -0.39 is 10.0 Å². The topological polar surface area (TPSA) is 73.2 Å². The molecule has 106 valence electrons. The molecule has 0 atom stereocenters. The zero-order chi connectivity index (χ0) is 14.3. The molecule has 0 saturated carbocycles. The molecule has 0 aromatic carbocycles. The summed E-state index contributed by atoms with van der Waals surface area (Å²) in [4.78, 5) is 1.83. The lowest BCUT2D eigenvalue weighted by Gasteiger charge is -2.17. The maximum Gasteiger partial charge on any atom is 0.211 e. The number of sulfonamides is 1. The molecule has 1 heterocycles. The van der Waals surface area contributed by atoms with E-state index in [2.05, 4.69) is 11.4 Å². The minimum atomic E-state index is -3.08. The smallest absolute Gasteiger partial charge is 0.211 e. The van der Waals surface area contributed by atoms with E-state index in [1.54, 1.807) is 0 Å². The molecule has 1 rings (SSSR count). The number of thiophene rings is 1. The van der Waals surface area contributed by atoms with Gasteiger partial charge in [-0.25, -0.2) is 12.7 Å². The molecule has 1 aromatic heterocycles. The summed E-state index contributed by atoms with van der Waals surface area (Å²) >= 11 is 1.48. The Kier molecular flexibility index (Phi) is 6.45. The van der Waals surface area contributed by atoms with Crippen molar-refractivity contribution in [2.75, 3.05) is 25.9 Å². The van der Waals surface area contributed by atoms with Crippen molar-refractivity contribution >= 4 is 21.4 Å². The van der Waals surface area contributed by atoms with Crippen LogP contribution in [0.15, 0.2) is 12.1 Å². The molecule has 0 bridgehead atoms. The largest absolute Gasteiger partial charge is 0.312 e. The zero-order valence-corrected chi connectivity index (χ0v) is 12.9. The molecule has 0 saturated heterocycles. The maximum atomic E-state index is 11.4. The van der Waals surface area contributed by atoms with E-state index in [0.29, 0.717) is 18.0 Å². The number of nitrogens with one attached hydrogen (secondary N) is 1. The third kappa shape index (κ3) is 5.70. The van der Waals surface area contributed by atoms with Crippen molar-refractivity contribution in [2.24, 2.45) is 0 Å². The van der Waals surface area contributed by atoms with Gasteiger partial charge < -0.3 is 5.32 Å². The second kappa shape index (κ2) is 7.60. The van der Waals surface area contributed by atoms with E-state index in [4.69, 9.17) is 5.26 Å². The first-order valence-corrected chi connectivity index (χ1v) is 8.78. The predicted octanol–water partition coefficient (Wildman–Crippen LogP) is 1.38. The average molecular weight is 301 g/mol. The lowest BCUT2D eigenvalue weighted by atomic mass is 10.4. The average Bonchev–Trinajstić information content (AvgIpc) is 2.80. The zero-order valence-electron chi connectivity index (χ0n) is 11.2. The van der Waals surface area contributed by atoms with Gasteiger partial charge in [-0.1, -0.05) is 6.92 Å². The second-order valence-corrected chi connectivity index (χ2v) is 7.31. The lowest BCUT2D eigenvalue weighted by Crippen LogP contribution is -2.32. The first-order valence-electron chi connectivity index (χ1n) is 6.12. The van der Waals surface area contributed by atoms with Crippen LogP contribution in [0.25, 0.3) is 0 Å². The molecule has 5 nitrogen and oxygen atoms in total. The van der Waals surface area contributed by atoms with Crippen LogP contribution in [0.3, 0.4) is 0 Å². The van der Waals surface area contributed by atoms with E-state index in [1.807, 2.05) is 19.1 Å². The molecule has 0 aliphatic heterocycles. The predicted molar refractivity (Wildman–Crippen MR) is 77.4 cm³/mol. The van der Waals surface area contributed by atoms with E-state index in [1.165, 1.54) is 21.9 Å². The highest BCUT2D eigenvalue weighted by Gasteiger charge is 2.12. The van der Waals surface area contributed by atoms with Crippen LogP contribution < -0.4 is 5.32 Å². The molecule has 0 fully saturated rings. The first-order chi connectivity index (χ1) is 8.97. The summed E-state index contributed by atoms with van der Waals surface area (Å²) in [5.74, 6) is 0. The van der Waals surface area contributed by atoms with Crippen molar-refractivity contribution < 1.29 is 8.42 Å². The molecule has 0 unspecified atom stereocenters. The van der Waals surface area contributed by atoms with E-state index in [0.717, 1.165) is 24.4 Å². The Morgan fingerprint density at radius 3 is 2.74 bits per heavy atom. The SMILES string of the molecule is CCN(CCCNCc1ccc(C#N)s1)S(C)(=O)=O. The highest BCUT2D eigenvalue weighted by Crippen LogP contribution is 2.14. The van der Waals surface area contributed by atoms with Crippen molar-refractivity contribution in [3.63, 3.8) is 0 Å². The summed E-state index contributed by atoms with van der Waals surface area (Å²) in [5.41, 5.74) is 0. The summed E-state index contributed by atoms with van der Waals surface area (Å²) in [7, 11) is -3.08. The van der Waals surface area contributed by atoms with Gasteiger partial charge in [-0.3, -0.25) is 0 Å². The van der Waals surface area contributed by atoms with Gasteiger partial charge in [-0.05, 0) is 25.1 Å². The number of rotatable bonds is 8. The highest BCUT2D eigenvalue weighted by molar-refractivity contribution is 7.88. The van der Waals surface area contributed by atoms with Crippen molar-refractivity contribution in [1.29, 1.82) is 5.26 Å². The summed E-state index contributed by atoms with van der Waals surface area (Å²) < 4.78 is 24.2. The van der Waals surface area contributed by atoms with Crippen LogP contribution in [0.1, 0.15) is 23.1 Å². The number of nitriles is 1. The van der Waals surface area contributed by atoms with Crippen molar-refractivity contribution in [2.45, 2.75) is 19.9 Å². The molecule has 0 aliphatic carbocycles. The van der Waals surface area contributed by atoms with Crippen LogP contribution in [0, 0.1) is 11.3 Å². The Morgan fingerprint density at radius 2 is 2.21 bits per heavy atom. The van der Waals surface area contributed by atoms with Gasteiger partial charge in [0.15, 0.2) is 0 Å². The minimum Gasteiger partial charge on any atom is -0.312 e. The van der Waals surface area contributed by atoms with Crippen LogP contribution in [0.5, 0.6) is 0 Å². The van der Waals surface area contributed by atoms with Gasteiger partial charge in [0.05, 0.1) is 6.26 Å². The summed E-state index contributed by atoms with van der Waals surface area (Å²) in [6.07, 6.45) is 2.01. The molecule has 1 N–H and O–H groups in total. The van der Waals surface area contributed by atoms with Crippen molar-refractivity contribution in [1.82, 2.24) is 9.62 Å². The Bertz CT molecular complexity index is 531. The van der Waals surface area contributed by atoms with Crippen LogP contribution in [0.2, 0.25) is 0 Å². The van der Waals surface area contributed by atoms with Crippen LogP contribution in [-0.4, -0.2) is 38.6 Å².